The van der Waals surface area contributed by atoms with Crippen LogP contribution in [0.1, 0.15) is 5.82 Å². The Morgan fingerprint density at radius 3 is 2.74 bits per heavy atom. The lowest BCUT2D eigenvalue weighted by Gasteiger charge is -2.06. The number of hydrogen-bond acceptors (Lipinski definition) is 4. The van der Waals surface area contributed by atoms with Crippen LogP contribution in [0.5, 0.6) is 5.75 Å². The van der Waals surface area contributed by atoms with Gasteiger partial charge >= 0.3 is 5.82 Å². The molecule has 0 spiro atoms. The van der Waals surface area contributed by atoms with E-state index in [-0.39, 0.29) is 18.2 Å². The molecule has 0 aliphatic rings. The molecule has 0 N–H and O–H groups in total. The number of nitrogens with zero attached hydrogens (tertiary/aromatic N) is 3. The number of benzene rings is 1. The number of ether oxygens (including phenoxy) is 1. The molecule has 0 amide bonds. The van der Waals surface area contributed by atoms with Crippen LogP contribution >= 0.6 is 0 Å². The Morgan fingerprint density at radius 1 is 1.42 bits per heavy atom. The molecule has 0 fully saturated rings. The second-order valence-electron chi connectivity index (χ2n) is 3.87. The highest BCUT2D eigenvalue weighted by atomic mass is 19.1. The van der Waals surface area contributed by atoms with Gasteiger partial charge in [0, 0.05) is 6.92 Å². The van der Waals surface area contributed by atoms with Crippen molar-refractivity contribution in [3.63, 3.8) is 0 Å². The highest BCUT2D eigenvalue weighted by molar-refractivity contribution is 5.22. The standard InChI is InChI=1S/C12H12FN3O3/c1-9-14-8-12(16(17)18)15(9)6-7-19-11-4-2-10(13)3-5-11/h2-5,8H,6-7H2,1H3. The first kappa shape index (κ1) is 13.0. The first-order chi connectivity index (χ1) is 9.08. The minimum Gasteiger partial charge on any atom is -0.489 e. The third kappa shape index (κ3) is 3.06. The van der Waals surface area contributed by atoms with Crippen molar-refractivity contribution in [2.45, 2.75) is 13.5 Å². The molecule has 1 aromatic heterocycles. The lowest BCUT2D eigenvalue weighted by Crippen LogP contribution is -2.11. The molecule has 0 atom stereocenters. The van der Waals surface area contributed by atoms with E-state index < -0.39 is 4.92 Å². The predicted molar refractivity (Wildman–Crippen MR) is 65.5 cm³/mol. The van der Waals surface area contributed by atoms with Crippen LogP contribution in [-0.2, 0) is 6.54 Å². The Hall–Kier alpha value is -2.44. The van der Waals surface area contributed by atoms with Crippen molar-refractivity contribution >= 4 is 5.82 Å². The molecule has 0 unspecified atom stereocenters. The summed E-state index contributed by atoms with van der Waals surface area (Å²) in [6, 6.07) is 5.59. The monoisotopic (exact) mass is 265 g/mol. The fourth-order valence-electron chi connectivity index (χ4n) is 1.66. The fourth-order valence-corrected chi connectivity index (χ4v) is 1.66. The Kier molecular flexibility index (Phi) is 3.74. The van der Waals surface area contributed by atoms with E-state index in [0.29, 0.717) is 18.1 Å². The van der Waals surface area contributed by atoms with Gasteiger partial charge in [0.15, 0.2) is 5.82 Å². The van der Waals surface area contributed by atoms with E-state index in [1.165, 1.54) is 35.0 Å². The third-order valence-corrected chi connectivity index (χ3v) is 2.62. The average Bonchev–Trinajstić information content (AvgIpc) is 2.74. The summed E-state index contributed by atoms with van der Waals surface area (Å²) in [6.45, 7) is 2.23. The largest absolute Gasteiger partial charge is 0.489 e. The van der Waals surface area contributed by atoms with Crippen LogP contribution in [-0.4, -0.2) is 21.1 Å². The highest BCUT2D eigenvalue weighted by Crippen LogP contribution is 2.14. The summed E-state index contributed by atoms with van der Waals surface area (Å²) in [5.74, 6) is 0.657. The van der Waals surface area contributed by atoms with Gasteiger partial charge in [-0.25, -0.2) is 13.9 Å². The first-order valence-corrected chi connectivity index (χ1v) is 5.63. The fraction of sp³-hybridized carbons (Fsp3) is 0.250. The molecule has 6 nitrogen and oxygen atoms in total. The van der Waals surface area contributed by atoms with Gasteiger partial charge in [0.1, 0.15) is 30.9 Å². The van der Waals surface area contributed by atoms with Crippen LogP contribution in [0.2, 0.25) is 0 Å². The molecule has 7 heteroatoms. The van der Waals surface area contributed by atoms with E-state index >= 15 is 0 Å². The maximum Gasteiger partial charge on any atom is 0.342 e. The van der Waals surface area contributed by atoms with Crippen molar-refractivity contribution in [2.75, 3.05) is 6.61 Å². The van der Waals surface area contributed by atoms with Crippen molar-refractivity contribution in [1.29, 1.82) is 0 Å². The summed E-state index contributed by atoms with van der Waals surface area (Å²) in [5, 5.41) is 10.8. The molecule has 0 aliphatic carbocycles. The van der Waals surface area contributed by atoms with Crippen LogP contribution in [0, 0.1) is 22.9 Å². The second-order valence-corrected chi connectivity index (χ2v) is 3.87. The Balaban J connectivity index is 1.97. The molecule has 0 saturated carbocycles. The molecule has 0 radical (unpaired) electrons. The van der Waals surface area contributed by atoms with Crippen molar-refractivity contribution in [3.8, 4) is 5.75 Å². The smallest absolute Gasteiger partial charge is 0.342 e. The molecule has 2 rings (SSSR count). The molecule has 1 heterocycles. The SMILES string of the molecule is Cc1ncc([N+](=O)[O-])n1CCOc1ccc(F)cc1. The number of halogens is 1. The Bertz CT molecular complexity index is 580. The normalized spacial score (nSPS) is 10.4. The van der Waals surface area contributed by atoms with Gasteiger partial charge in [-0.3, -0.25) is 0 Å². The summed E-state index contributed by atoms with van der Waals surface area (Å²) < 4.78 is 19.5. The van der Waals surface area contributed by atoms with E-state index in [4.69, 9.17) is 4.74 Å². The van der Waals surface area contributed by atoms with E-state index in [1.807, 2.05) is 0 Å². The summed E-state index contributed by atoms with van der Waals surface area (Å²) in [7, 11) is 0. The quantitative estimate of drug-likeness (QED) is 0.614. The number of imidazole rings is 1. The van der Waals surface area contributed by atoms with Gasteiger partial charge < -0.3 is 14.9 Å². The van der Waals surface area contributed by atoms with Crippen LogP contribution in [0.4, 0.5) is 10.2 Å². The highest BCUT2D eigenvalue weighted by Gasteiger charge is 2.16. The Labute approximate surface area is 108 Å². The predicted octanol–water partition coefficient (Wildman–Crippen LogP) is 2.32. The number of hydrogen-bond donors (Lipinski definition) is 0. The van der Waals surface area contributed by atoms with E-state index in [0.717, 1.165) is 0 Å². The molecule has 100 valence electrons. The summed E-state index contributed by atoms with van der Waals surface area (Å²) in [6.07, 6.45) is 1.22. The van der Waals surface area contributed by atoms with Crippen molar-refractivity contribution < 1.29 is 14.1 Å². The lowest BCUT2D eigenvalue weighted by molar-refractivity contribution is -0.392. The molecule has 0 saturated heterocycles. The molecule has 1 aromatic carbocycles. The van der Waals surface area contributed by atoms with Gasteiger partial charge in [0.25, 0.3) is 0 Å². The van der Waals surface area contributed by atoms with Crippen molar-refractivity contribution in [1.82, 2.24) is 9.55 Å². The van der Waals surface area contributed by atoms with Crippen molar-refractivity contribution in [2.24, 2.45) is 0 Å². The zero-order valence-corrected chi connectivity index (χ0v) is 10.2. The maximum absolute atomic E-state index is 12.7. The minimum atomic E-state index is -0.488. The lowest BCUT2D eigenvalue weighted by atomic mass is 10.3. The summed E-state index contributed by atoms with van der Waals surface area (Å²) in [5.41, 5.74) is 0. The van der Waals surface area contributed by atoms with Gasteiger partial charge in [0.2, 0.25) is 0 Å². The summed E-state index contributed by atoms with van der Waals surface area (Å²) >= 11 is 0. The second kappa shape index (κ2) is 5.47. The molecule has 0 aliphatic heterocycles. The third-order valence-electron chi connectivity index (χ3n) is 2.62. The number of rotatable bonds is 5. The van der Waals surface area contributed by atoms with Gasteiger partial charge in [-0.05, 0) is 29.2 Å². The van der Waals surface area contributed by atoms with Crippen molar-refractivity contribution in [3.05, 3.63) is 52.2 Å². The maximum atomic E-state index is 12.7. The zero-order chi connectivity index (χ0) is 13.8. The van der Waals surface area contributed by atoms with E-state index in [9.17, 15) is 14.5 Å². The molecular formula is C12H12FN3O3. The van der Waals surface area contributed by atoms with Gasteiger partial charge in [-0.15, -0.1) is 0 Å². The van der Waals surface area contributed by atoms with Crippen LogP contribution in [0.3, 0.4) is 0 Å². The molecule has 19 heavy (non-hydrogen) atoms. The zero-order valence-electron chi connectivity index (χ0n) is 10.2. The topological polar surface area (TPSA) is 70.2 Å². The van der Waals surface area contributed by atoms with Crippen LogP contribution < -0.4 is 4.74 Å². The van der Waals surface area contributed by atoms with Crippen LogP contribution in [0.25, 0.3) is 0 Å². The number of aryl methyl sites for hydroxylation is 1. The molecule has 0 bridgehead atoms. The van der Waals surface area contributed by atoms with E-state index in [2.05, 4.69) is 4.98 Å². The number of nitro groups is 1. The Morgan fingerprint density at radius 2 is 2.11 bits per heavy atom. The molecule has 2 aromatic rings. The van der Waals surface area contributed by atoms with Gasteiger partial charge in [-0.1, -0.05) is 0 Å². The minimum absolute atomic E-state index is 0.0693. The molecular weight excluding hydrogens is 253 g/mol. The van der Waals surface area contributed by atoms with Gasteiger partial charge in [0.05, 0.1) is 0 Å². The first-order valence-electron chi connectivity index (χ1n) is 5.63. The average molecular weight is 265 g/mol. The van der Waals surface area contributed by atoms with Gasteiger partial charge in [-0.2, -0.15) is 0 Å². The van der Waals surface area contributed by atoms with Crippen LogP contribution in [0.15, 0.2) is 30.5 Å². The van der Waals surface area contributed by atoms with E-state index in [1.54, 1.807) is 6.92 Å². The number of aromatic nitrogens is 2. The summed E-state index contributed by atoms with van der Waals surface area (Å²) in [4.78, 5) is 14.2.